The number of nitrogens with one attached hydrogen (secondary N) is 1. The second-order valence-electron chi connectivity index (χ2n) is 6.95. The summed E-state index contributed by atoms with van der Waals surface area (Å²) < 4.78 is 0. The molecule has 0 saturated heterocycles. The first-order valence-corrected chi connectivity index (χ1v) is 10.9. The van der Waals surface area contributed by atoms with Gasteiger partial charge in [-0.25, -0.2) is 5.43 Å². The Morgan fingerprint density at radius 2 is 1.34 bits per heavy atom. The Morgan fingerprint density at radius 3 is 1.97 bits per heavy atom. The average molecular weight is 403 g/mol. The molecule has 0 heterocycles. The molecular weight excluding hydrogens is 376 g/mol. The average Bonchev–Trinajstić information content (AvgIpc) is 2.78. The van der Waals surface area contributed by atoms with Gasteiger partial charge in [-0.15, -0.1) is 0 Å². The number of amides is 1. The molecule has 3 aromatic rings. The zero-order valence-electron chi connectivity index (χ0n) is 16.7. The fourth-order valence-corrected chi connectivity index (χ4v) is 3.81. The van der Waals surface area contributed by atoms with Gasteiger partial charge in [-0.3, -0.25) is 4.79 Å². The van der Waals surface area contributed by atoms with Crippen LogP contribution in [0.2, 0.25) is 0 Å². The van der Waals surface area contributed by atoms with Gasteiger partial charge in [0, 0.05) is 22.8 Å². The predicted molar refractivity (Wildman–Crippen MR) is 123 cm³/mol. The lowest BCUT2D eigenvalue weighted by Gasteiger charge is -2.05. The van der Waals surface area contributed by atoms with Crippen LogP contribution in [0.4, 0.5) is 0 Å². The molecule has 0 aromatic heterocycles. The van der Waals surface area contributed by atoms with E-state index in [1.807, 2.05) is 67.2 Å². The van der Waals surface area contributed by atoms with Crippen LogP contribution in [0.1, 0.15) is 40.4 Å². The molecule has 0 bridgehead atoms. The molecule has 3 nitrogen and oxygen atoms in total. The number of rotatable bonds is 9. The van der Waals surface area contributed by atoms with Crippen molar-refractivity contribution in [2.24, 2.45) is 5.10 Å². The largest absolute Gasteiger partial charge is 0.271 e. The maximum atomic E-state index is 12.3. The van der Waals surface area contributed by atoms with E-state index >= 15 is 0 Å². The van der Waals surface area contributed by atoms with Crippen LogP contribution in [0.5, 0.6) is 0 Å². The van der Waals surface area contributed by atoms with Gasteiger partial charge in [0.15, 0.2) is 0 Å². The maximum Gasteiger partial charge on any atom is 0.271 e. The molecule has 0 atom stereocenters. The third-order valence-electron chi connectivity index (χ3n) is 4.56. The minimum absolute atomic E-state index is 0.174. The Morgan fingerprint density at radius 1 is 0.793 bits per heavy atom. The van der Waals surface area contributed by atoms with Crippen molar-refractivity contribution in [2.45, 2.75) is 31.3 Å². The molecule has 0 unspecified atom stereocenters. The minimum atomic E-state index is -0.174. The zero-order chi connectivity index (χ0) is 20.3. The highest BCUT2D eigenvalue weighted by Crippen LogP contribution is 2.18. The van der Waals surface area contributed by atoms with Crippen LogP contribution < -0.4 is 5.43 Å². The highest BCUT2D eigenvalue weighted by Gasteiger charge is 2.05. The third-order valence-corrected chi connectivity index (χ3v) is 5.64. The van der Waals surface area contributed by atoms with Crippen molar-refractivity contribution in [3.05, 3.63) is 107 Å². The van der Waals surface area contributed by atoms with E-state index in [1.165, 1.54) is 16.7 Å². The fourth-order valence-electron chi connectivity index (χ4n) is 2.85. The molecule has 0 spiro atoms. The molecule has 1 amide bonds. The summed E-state index contributed by atoms with van der Waals surface area (Å²) in [6.45, 7) is 1.94. The molecule has 1 N–H and O–H groups in total. The summed E-state index contributed by atoms with van der Waals surface area (Å²) in [5.74, 6) is 1.74. The smallest absolute Gasteiger partial charge is 0.267 e. The number of hydrogen-bond donors (Lipinski definition) is 1. The lowest BCUT2D eigenvalue weighted by molar-refractivity contribution is 0.0954. The molecule has 3 aromatic carbocycles. The van der Waals surface area contributed by atoms with Crippen LogP contribution in [0.3, 0.4) is 0 Å². The topological polar surface area (TPSA) is 41.5 Å². The highest BCUT2D eigenvalue weighted by atomic mass is 32.2. The van der Waals surface area contributed by atoms with E-state index < -0.39 is 0 Å². The van der Waals surface area contributed by atoms with Gasteiger partial charge in [0.1, 0.15) is 0 Å². The first kappa shape index (κ1) is 20.9. The second-order valence-corrected chi connectivity index (χ2v) is 7.93. The predicted octanol–water partition coefficient (Wildman–Crippen LogP) is 5.86. The van der Waals surface area contributed by atoms with Crippen molar-refractivity contribution in [1.82, 2.24) is 5.43 Å². The number of hydrazone groups is 1. The Labute approximate surface area is 177 Å². The van der Waals surface area contributed by atoms with Crippen LogP contribution in [0, 0.1) is 0 Å². The van der Waals surface area contributed by atoms with Gasteiger partial charge in [0.2, 0.25) is 0 Å². The quantitative estimate of drug-likeness (QED) is 0.360. The number of nitrogens with zero attached hydrogens (tertiary/aromatic N) is 1. The van der Waals surface area contributed by atoms with E-state index in [1.54, 1.807) is 0 Å². The van der Waals surface area contributed by atoms with Crippen molar-refractivity contribution in [2.75, 3.05) is 0 Å². The number of aryl methyl sites for hydroxylation is 1. The lowest BCUT2D eigenvalue weighted by atomic mass is 10.1. The lowest BCUT2D eigenvalue weighted by Crippen LogP contribution is -2.19. The third kappa shape index (κ3) is 7.24. The monoisotopic (exact) mass is 402 g/mol. The summed E-state index contributed by atoms with van der Waals surface area (Å²) >= 11 is 1.87. The Bertz CT molecular complexity index is 922. The summed E-state index contributed by atoms with van der Waals surface area (Å²) in [6.07, 6.45) is 1.74. The first-order valence-electron chi connectivity index (χ1n) is 9.79. The summed E-state index contributed by atoms with van der Waals surface area (Å²) in [7, 11) is 0. The van der Waals surface area contributed by atoms with Crippen molar-refractivity contribution in [1.29, 1.82) is 0 Å². The summed E-state index contributed by atoms with van der Waals surface area (Å²) in [5, 5.41) is 4.23. The van der Waals surface area contributed by atoms with Crippen LogP contribution in [-0.2, 0) is 17.9 Å². The van der Waals surface area contributed by atoms with Gasteiger partial charge >= 0.3 is 0 Å². The second kappa shape index (κ2) is 11.2. The van der Waals surface area contributed by atoms with E-state index in [9.17, 15) is 4.79 Å². The van der Waals surface area contributed by atoms with Crippen molar-refractivity contribution in [3.8, 4) is 0 Å². The van der Waals surface area contributed by atoms with Gasteiger partial charge in [-0.05, 0) is 48.6 Å². The van der Waals surface area contributed by atoms with Gasteiger partial charge in [0.05, 0.1) is 0 Å². The standard InChI is InChI=1S/C25H26N2OS/c1-20(12-13-21-8-4-2-5-9-21)26-27-25(28)24-16-14-23(15-17-24)19-29-18-22-10-6-3-7-11-22/h2-11,14-17H,12-13,18-19H2,1H3,(H,27,28)/b26-20-. The molecule has 0 saturated carbocycles. The Balaban J connectivity index is 1.43. The van der Waals surface area contributed by atoms with Crippen LogP contribution in [0.25, 0.3) is 0 Å². The number of benzene rings is 3. The molecule has 0 radical (unpaired) electrons. The highest BCUT2D eigenvalue weighted by molar-refractivity contribution is 7.97. The molecule has 3 rings (SSSR count). The summed E-state index contributed by atoms with van der Waals surface area (Å²) in [6, 6.07) is 28.5. The molecule has 148 valence electrons. The Kier molecular flexibility index (Phi) is 8.08. The van der Waals surface area contributed by atoms with Crippen LogP contribution in [0.15, 0.2) is 90.0 Å². The number of hydrogen-bond acceptors (Lipinski definition) is 3. The molecule has 0 aliphatic carbocycles. The summed E-state index contributed by atoms with van der Waals surface area (Å²) in [4.78, 5) is 12.3. The first-order chi connectivity index (χ1) is 14.2. The SMILES string of the molecule is C/C(CCc1ccccc1)=N/NC(=O)c1ccc(CSCc2ccccc2)cc1. The van der Waals surface area contributed by atoms with Gasteiger partial charge in [-0.1, -0.05) is 72.8 Å². The molecular formula is C25H26N2OS. The van der Waals surface area contributed by atoms with E-state index in [0.29, 0.717) is 5.56 Å². The maximum absolute atomic E-state index is 12.3. The molecule has 0 fully saturated rings. The number of thioether (sulfide) groups is 1. The molecule has 0 aliphatic rings. The Hall–Kier alpha value is -2.85. The normalized spacial score (nSPS) is 11.3. The fraction of sp³-hybridized carbons (Fsp3) is 0.200. The van der Waals surface area contributed by atoms with E-state index in [4.69, 9.17) is 0 Å². The van der Waals surface area contributed by atoms with Gasteiger partial charge < -0.3 is 0 Å². The number of carbonyl (C=O) groups is 1. The molecule has 0 aliphatic heterocycles. The minimum Gasteiger partial charge on any atom is -0.267 e. The van der Waals surface area contributed by atoms with Crippen LogP contribution >= 0.6 is 11.8 Å². The number of carbonyl (C=O) groups excluding carboxylic acids is 1. The molecule has 4 heteroatoms. The van der Waals surface area contributed by atoms with Gasteiger partial charge in [-0.2, -0.15) is 16.9 Å². The summed E-state index contributed by atoms with van der Waals surface area (Å²) in [5.41, 5.74) is 8.02. The van der Waals surface area contributed by atoms with Crippen molar-refractivity contribution < 1.29 is 4.79 Å². The zero-order valence-corrected chi connectivity index (χ0v) is 17.5. The van der Waals surface area contributed by atoms with E-state index in [2.05, 4.69) is 46.9 Å². The van der Waals surface area contributed by atoms with Gasteiger partial charge in [0.25, 0.3) is 5.91 Å². The van der Waals surface area contributed by atoms with E-state index in [0.717, 1.165) is 30.1 Å². The van der Waals surface area contributed by atoms with E-state index in [-0.39, 0.29) is 5.91 Å². The van der Waals surface area contributed by atoms with Crippen molar-refractivity contribution >= 4 is 23.4 Å². The van der Waals surface area contributed by atoms with Crippen molar-refractivity contribution in [3.63, 3.8) is 0 Å². The van der Waals surface area contributed by atoms with Crippen LogP contribution in [-0.4, -0.2) is 11.6 Å². The molecule has 29 heavy (non-hydrogen) atoms.